The van der Waals surface area contributed by atoms with Gasteiger partial charge < -0.3 is 20.4 Å². The molecule has 2 heterocycles. The van der Waals surface area contributed by atoms with E-state index in [9.17, 15) is 0 Å². The van der Waals surface area contributed by atoms with Crippen LogP contribution >= 0.6 is 24.0 Å². The third kappa shape index (κ3) is 8.34. The number of nitrogens with zero attached hydrogens (tertiary/aromatic N) is 3. The number of rotatable bonds is 7. The molecule has 0 aromatic heterocycles. The Kier molecular flexibility index (Phi) is 12.0. The van der Waals surface area contributed by atoms with Crippen LogP contribution in [0.2, 0.25) is 0 Å². The molecule has 0 spiro atoms. The van der Waals surface area contributed by atoms with Gasteiger partial charge in [-0.1, -0.05) is 13.3 Å². The van der Waals surface area contributed by atoms with Gasteiger partial charge in [0, 0.05) is 26.7 Å². The van der Waals surface area contributed by atoms with E-state index >= 15 is 0 Å². The van der Waals surface area contributed by atoms with E-state index in [4.69, 9.17) is 0 Å². The van der Waals surface area contributed by atoms with Crippen LogP contribution in [-0.4, -0.2) is 75.2 Å². The minimum absolute atomic E-state index is 0. The Morgan fingerprint density at radius 2 is 1.62 bits per heavy atom. The van der Waals surface area contributed by atoms with Crippen molar-refractivity contribution in [3.8, 4) is 0 Å². The highest BCUT2D eigenvalue weighted by atomic mass is 127. The van der Waals surface area contributed by atoms with Gasteiger partial charge in [0.05, 0.1) is 0 Å². The molecule has 0 radical (unpaired) electrons. The molecule has 24 heavy (non-hydrogen) atoms. The van der Waals surface area contributed by atoms with Crippen molar-refractivity contribution >= 4 is 29.9 Å². The van der Waals surface area contributed by atoms with E-state index in [2.05, 4.69) is 32.3 Å². The number of piperidine rings is 2. The van der Waals surface area contributed by atoms with Gasteiger partial charge in [0.1, 0.15) is 0 Å². The number of hydrogen-bond acceptors (Lipinski definition) is 3. The van der Waals surface area contributed by atoms with Gasteiger partial charge in [-0.25, -0.2) is 0 Å². The van der Waals surface area contributed by atoms with Crippen molar-refractivity contribution in [2.75, 3.05) is 59.4 Å². The van der Waals surface area contributed by atoms with E-state index in [1.54, 1.807) is 0 Å². The molecule has 0 saturated carbocycles. The van der Waals surface area contributed by atoms with Gasteiger partial charge in [0.2, 0.25) is 0 Å². The molecule has 0 aromatic rings. The molecule has 6 heteroatoms. The number of likely N-dealkylation sites (tertiary alicyclic amines) is 2. The second kappa shape index (κ2) is 13.2. The molecular formula is C18H38IN5. The first-order chi connectivity index (χ1) is 11.3. The summed E-state index contributed by atoms with van der Waals surface area (Å²) in [6.07, 6.45) is 8.12. The summed E-state index contributed by atoms with van der Waals surface area (Å²) >= 11 is 0. The van der Waals surface area contributed by atoms with Gasteiger partial charge in [-0.15, -0.1) is 24.0 Å². The Bertz CT molecular complexity index is 336. The molecule has 2 N–H and O–H groups in total. The molecule has 2 aliphatic heterocycles. The van der Waals surface area contributed by atoms with E-state index in [1.165, 1.54) is 71.2 Å². The van der Waals surface area contributed by atoms with Crippen molar-refractivity contribution < 1.29 is 0 Å². The van der Waals surface area contributed by atoms with E-state index in [0.717, 1.165) is 31.5 Å². The third-order valence-corrected chi connectivity index (χ3v) is 5.39. The molecule has 142 valence electrons. The van der Waals surface area contributed by atoms with Crippen molar-refractivity contribution in [1.29, 1.82) is 0 Å². The molecule has 2 rings (SSSR count). The quantitative estimate of drug-likeness (QED) is 0.355. The van der Waals surface area contributed by atoms with E-state index in [-0.39, 0.29) is 24.0 Å². The van der Waals surface area contributed by atoms with Gasteiger partial charge in [-0.05, 0) is 70.7 Å². The minimum Gasteiger partial charge on any atom is -0.356 e. The van der Waals surface area contributed by atoms with Gasteiger partial charge in [0.25, 0.3) is 0 Å². The molecule has 0 atom stereocenters. The van der Waals surface area contributed by atoms with Crippen LogP contribution in [0.5, 0.6) is 0 Å². The maximum absolute atomic E-state index is 4.35. The Hall–Kier alpha value is -0.0800. The highest BCUT2D eigenvalue weighted by Gasteiger charge is 2.17. The molecule has 0 aliphatic carbocycles. The topological polar surface area (TPSA) is 42.9 Å². The first kappa shape index (κ1) is 22.0. The van der Waals surface area contributed by atoms with Gasteiger partial charge in [-0.2, -0.15) is 0 Å². The molecule has 2 fully saturated rings. The summed E-state index contributed by atoms with van der Waals surface area (Å²) < 4.78 is 0. The molecule has 0 unspecified atom stereocenters. The lowest BCUT2D eigenvalue weighted by molar-refractivity contribution is 0.187. The monoisotopic (exact) mass is 451 g/mol. The van der Waals surface area contributed by atoms with E-state index in [0.29, 0.717) is 0 Å². The maximum atomic E-state index is 4.35. The first-order valence-corrected chi connectivity index (χ1v) is 9.71. The SMILES string of the molecule is CCN1CCC(CCNC(=NC)NCCN2CCCCC2)CC1.I. The predicted octanol–water partition coefficient (Wildman–Crippen LogP) is 2.38. The average Bonchev–Trinajstić information content (AvgIpc) is 2.62. The minimum atomic E-state index is 0. The largest absolute Gasteiger partial charge is 0.356 e. The normalized spacial score (nSPS) is 21.3. The van der Waals surface area contributed by atoms with Gasteiger partial charge in [0.15, 0.2) is 5.96 Å². The Labute approximate surface area is 166 Å². The maximum Gasteiger partial charge on any atom is 0.191 e. The number of hydrogen-bond donors (Lipinski definition) is 2. The lowest BCUT2D eigenvalue weighted by Gasteiger charge is -2.31. The predicted molar refractivity (Wildman–Crippen MR) is 115 cm³/mol. The van der Waals surface area contributed by atoms with Crippen molar-refractivity contribution in [2.45, 2.75) is 45.4 Å². The zero-order valence-corrected chi connectivity index (χ0v) is 18.1. The number of nitrogens with one attached hydrogen (secondary N) is 2. The number of guanidine groups is 1. The summed E-state index contributed by atoms with van der Waals surface area (Å²) in [7, 11) is 1.87. The first-order valence-electron chi connectivity index (χ1n) is 9.71. The fraction of sp³-hybridized carbons (Fsp3) is 0.944. The summed E-state index contributed by atoms with van der Waals surface area (Å²) in [5.41, 5.74) is 0. The van der Waals surface area contributed by atoms with Crippen LogP contribution in [0.1, 0.15) is 45.4 Å². The number of aliphatic imine (C=N–C) groups is 1. The van der Waals surface area contributed by atoms with Crippen LogP contribution in [0.15, 0.2) is 4.99 Å². The van der Waals surface area contributed by atoms with Crippen molar-refractivity contribution in [3.63, 3.8) is 0 Å². The van der Waals surface area contributed by atoms with Crippen molar-refractivity contribution in [3.05, 3.63) is 0 Å². The fourth-order valence-electron chi connectivity index (χ4n) is 3.72. The van der Waals surface area contributed by atoms with Crippen LogP contribution in [0.4, 0.5) is 0 Å². The van der Waals surface area contributed by atoms with Crippen molar-refractivity contribution in [1.82, 2.24) is 20.4 Å². The summed E-state index contributed by atoms with van der Waals surface area (Å²) in [6.45, 7) is 11.7. The zero-order chi connectivity index (χ0) is 16.3. The van der Waals surface area contributed by atoms with Crippen LogP contribution in [0.3, 0.4) is 0 Å². The zero-order valence-electron chi connectivity index (χ0n) is 15.7. The highest BCUT2D eigenvalue weighted by molar-refractivity contribution is 14.0. The summed E-state index contributed by atoms with van der Waals surface area (Å²) in [6, 6.07) is 0. The molecule has 0 bridgehead atoms. The van der Waals surface area contributed by atoms with E-state index < -0.39 is 0 Å². The van der Waals surface area contributed by atoms with Crippen molar-refractivity contribution in [2.24, 2.45) is 10.9 Å². The van der Waals surface area contributed by atoms with E-state index in [1.807, 2.05) is 7.05 Å². The average molecular weight is 451 g/mol. The second-order valence-corrected chi connectivity index (χ2v) is 6.99. The smallest absolute Gasteiger partial charge is 0.191 e. The lowest BCUT2D eigenvalue weighted by atomic mass is 9.93. The Morgan fingerprint density at radius 1 is 0.958 bits per heavy atom. The standard InChI is InChI=1S/C18H37N5.HI/c1-3-22-14-8-17(9-15-22)7-10-20-18(19-2)21-11-16-23-12-5-4-6-13-23;/h17H,3-16H2,1-2H3,(H2,19,20,21);1H. The third-order valence-electron chi connectivity index (χ3n) is 5.39. The molecule has 0 aromatic carbocycles. The molecular weight excluding hydrogens is 413 g/mol. The summed E-state index contributed by atoms with van der Waals surface area (Å²) in [5, 5.41) is 6.95. The van der Waals surface area contributed by atoms with Gasteiger partial charge >= 0.3 is 0 Å². The van der Waals surface area contributed by atoms with Gasteiger partial charge in [-0.3, -0.25) is 4.99 Å². The van der Waals surface area contributed by atoms with Crippen LogP contribution < -0.4 is 10.6 Å². The molecule has 2 aliphatic rings. The molecule has 2 saturated heterocycles. The number of halogens is 1. The highest BCUT2D eigenvalue weighted by Crippen LogP contribution is 2.19. The lowest BCUT2D eigenvalue weighted by Crippen LogP contribution is -2.43. The fourth-order valence-corrected chi connectivity index (χ4v) is 3.72. The van der Waals surface area contributed by atoms with Crippen LogP contribution in [-0.2, 0) is 0 Å². The Morgan fingerprint density at radius 3 is 2.25 bits per heavy atom. The molecule has 5 nitrogen and oxygen atoms in total. The second-order valence-electron chi connectivity index (χ2n) is 6.99. The summed E-state index contributed by atoms with van der Waals surface area (Å²) in [5.74, 6) is 1.85. The molecule has 0 amide bonds. The Balaban J connectivity index is 0.00000288. The van der Waals surface area contributed by atoms with Crippen LogP contribution in [0, 0.1) is 5.92 Å². The summed E-state index contributed by atoms with van der Waals surface area (Å²) in [4.78, 5) is 9.47. The van der Waals surface area contributed by atoms with Crippen LogP contribution in [0.25, 0.3) is 0 Å².